The summed E-state index contributed by atoms with van der Waals surface area (Å²) in [4.78, 5) is 3.18. The first-order valence-electron chi connectivity index (χ1n) is 2.57. The summed E-state index contributed by atoms with van der Waals surface area (Å²) < 4.78 is 4.77. The summed E-state index contributed by atoms with van der Waals surface area (Å²) in [5.74, 6) is 0. The molecule has 0 unspecified atom stereocenters. The first-order chi connectivity index (χ1) is 4.31. The molecular weight excluding hydrogens is 159 g/mol. The molecule has 0 saturated carbocycles. The number of rotatable bonds is 2. The third-order valence-corrected chi connectivity index (χ3v) is 0.780. The second-order valence-corrected chi connectivity index (χ2v) is 1.68. The van der Waals surface area contributed by atoms with Crippen molar-refractivity contribution in [2.45, 2.75) is 13.3 Å². The molecule has 10 heavy (non-hydrogen) atoms. The maximum atomic E-state index is 7.95. The first-order valence-corrected chi connectivity index (χ1v) is 2.98. The molecule has 0 heterocycles. The molecule has 0 amide bonds. The Morgan fingerprint density at radius 3 is 2.80 bits per heavy atom. The van der Waals surface area contributed by atoms with Gasteiger partial charge in [0.25, 0.3) is 0 Å². The van der Waals surface area contributed by atoms with E-state index in [2.05, 4.69) is 17.6 Å². The zero-order valence-electron chi connectivity index (χ0n) is 6.13. The van der Waals surface area contributed by atoms with E-state index in [1.54, 1.807) is 0 Å². The standard InChI is InChI=1S/C5H8N2OS.Na/c1-2-3-8-5(9)7-4-6;/h2-3H2,1H3,(H,7,9);/q;+1/p-1. The molecule has 0 aromatic rings. The monoisotopic (exact) mass is 166 g/mol. The maximum Gasteiger partial charge on any atom is 1.00 e. The number of aliphatic imine (C=N–C) groups is 1. The summed E-state index contributed by atoms with van der Waals surface area (Å²) >= 11 is 4.51. The summed E-state index contributed by atoms with van der Waals surface area (Å²) in [6.45, 7) is 2.49. The van der Waals surface area contributed by atoms with Crippen LogP contribution in [0, 0.1) is 11.5 Å². The van der Waals surface area contributed by atoms with Crippen LogP contribution in [0.1, 0.15) is 13.3 Å². The molecule has 0 aliphatic carbocycles. The van der Waals surface area contributed by atoms with Crippen molar-refractivity contribution in [3.8, 4) is 6.19 Å². The van der Waals surface area contributed by atoms with E-state index in [1.807, 2.05) is 6.92 Å². The van der Waals surface area contributed by atoms with Crippen LogP contribution >= 0.6 is 0 Å². The molecule has 50 valence electrons. The van der Waals surface area contributed by atoms with Crippen LogP contribution in [0.5, 0.6) is 0 Å². The molecule has 3 nitrogen and oxygen atoms in total. The molecule has 0 spiro atoms. The van der Waals surface area contributed by atoms with Crippen LogP contribution in [-0.4, -0.2) is 11.8 Å². The molecule has 0 aromatic carbocycles. The van der Waals surface area contributed by atoms with Gasteiger partial charge in [-0.1, -0.05) is 6.92 Å². The molecule has 0 atom stereocenters. The SMILES string of the molecule is CCCOC([S-])=NC#N.[Na+]. The number of hydrogen-bond donors (Lipinski definition) is 0. The van der Waals surface area contributed by atoms with Gasteiger partial charge in [-0.25, -0.2) is 0 Å². The topological polar surface area (TPSA) is 45.4 Å². The van der Waals surface area contributed by atoms with E-state index in [-0.39, 0.29) is 34.8 Å². The van der Waals surface area contributed by atoms with Crippen molar-refractivity contribution in [3.05, 3.63) is 0 Å². The van der Waals surface area contributed by atoms with Crippen molar-refractivity contribution in [1.29, 1.82) is 5.26 Å². The Bertz CT molecular complexity index is 143. The Labute approximate surface area is 88.2 Å². The summed E-state index contributed by atoms with van der Waals surface area (Å²) in [6, 6.07) is 0. The molecule has 0 bridgehead atoms. The molecule has 0 aromatic heterocycles. The number of nitriles is 1. The second-order valence-electron chi connectivity index (χ2n) is 1.33. The Balaban J connectivity index is 0. The van der Waals surface area contributed by atoms with Gasteiger partial charge in [0, 0.05) is 0 Å². The quantitative estimate of drug-likeness (QED) is 0.154. The summed E-state index contributed by atoms with van der Waals surface area (Å²) in [5, 5.41) is 7.98. The van der Waals surface area contributed by atoms with Crippen molar-refractivity contribution in [2.24, 2.45) is 4.99 Å². The van der Waals surface area contributed by atoms with E-state index in [4.69, 9.17) is 10.00 Å². The van der Waals surface area contributed by atoms with Gasteiger partial charge in [-0.05, 0) is 6.42 Å². The second kappa shape index (κ2) is 9.18. The molecular formula is C5H7N2NaOS. The normalized spacial score (nSPS) is 9.40. The minimum absolute atomic E-state index is 0. The van der Waals surface area contributed by atoms with Crippen LogP contribution in [0.3, 0.4) is 0 Å². The van der Waals surface area contributed by atoms with E-state index < -0.39 is 0 Å². The molecule has 0 N–H and O–H groups in total. The molecule has 0 saturated heterocycles. The van der Waals surface area contributed by atoms with Crippen LogP contribution in [0.2, 0.25) is 0 Å². The molecule has 0 aliphatic heterocycles. The van der Waals surface area contributed by atoms with E-state index in [0.29, 0.717) is 6.61 Å². The largest absolute Gasteiger partial charge is 1.00 e. The van der Waals surface area contributed by atoms with E-state index in [0.717, 1.165) is 6.42 Å². The van der Waals surface area contributed by atoms with Crippen molar-refractivity contribution >= 4 is 17.9 Å². The molecule has 0 fully saturated rings. The third kappa shape index (κ3) is 8.18. The Kier molecular flexibility index (Phi) is 11.8. The fraction of sp³-hybridized carbons (Fsp3) is 0.600. The van der Waals surface area contributed by atoms with Crippen molar-refractivity contribution in [3.63, 3.8) is 0 Å². The Morgan fingerprint density at radius 2 is 2.40 bits per heavy atom. The molecule has 0 rings (SSSR count). The third-order valence-electron chi connectivity index (χ3n) is 0.571. The Hall–Kier alpha value is 0.180. The van der Waals surface area contributed by atoms with Crippen molar-refractivity contribution in [2.75, 3.05) is 6.61 Å². The zero-order valence-corrected chi connectivity index (χ0v) is 8.94. The maximum absolute atomic E-state index is 7.95. The first kappa shape index (κ1) is 12.8. The van der Waals surface area contributed by atoms with E-state index in [9.17, 15) is 0 Å². The summed E-state index contributed by atoms with van der Waals surface area (Å²) in [5.41, 5.74) is 0. The summed E-state index contributed by atoms with van der Waals surface area (Å²) in [7, 11) is 0. The van der Waals surface area contributed by atoms with Crippen LogP contribution in [0.4, 0.5) is 0 Å². The predicted molar refractivity (Wildman–Crippen MR) is 36.7 cm³/mol. The zero-order chi connectivity index (χ0) is 7.11. The van der Waals surface area contributed by atoms with Gasteiger partial charge in [-0.2, -0.15) is 10.3 Å². The average Bonchev–Trinajstić information content (AvgIpc) is 1.85. The van der Waals surface area contributed by atoms with Gasteiger partial charge in [-0.15, -0.1) is 0 Å². The van der Waals surface area contributed by atoms with Gasteiger partial charge in [0.05, 0.1) is 11.8 Å². The van der Waals surface area contributed by atoms with Crippen LogP contribution in [0.25, 0.3) is 0 Å². The number of hydrogen-bond acceptors (Lipinski definition) is 4. The minimum Gasteiger partial charge on any atom is -0.721 e. The predicted octanol–water partition coefficient (Wildman–Crippen LogP) is -2.20. The van der Waals surface area contributed by atoms with Crippen molar-refractivity contribution < 1.29 is 34.3 Å². The van der Waals surface area contributed by atoms with E-state index in [1.165, 1.54) is 6.19 Å². The number of ether oxygens (including phenoxy) is 1. The molecule has 0 aliphatic rings. The average molecular weight is 166 g/mol. The Morgan fingerprint density at radius 1 is 1.80 bits per heavy atom. The summed E-state index contributed by atoms with van der Waals surface area (Å²) in [6.07, 6.45) is 2.41. The smallest absolute Gasteiger partial charge is 0.721 e. The molecule has 5 heteroatoms. The van der Waals surface area contributed by atoms with Crippen LogP contribution < -0.4 is 29.6 Å². The van der Waals surface area contributed by atoms with E-state index >= 15 is 0 Å². The van der Waals surface area contributed by atoms with Gasteiger partial charge < -0.3 is 17.4 Å². The fourth-order valence-corrected chi connectivity index (χ4v) is 0.387. The van der Waals surface area contributed by atoms with Gasteiger partial charge >= 0.3 is 29.6 Å². The van der Waals surface area contributed by atoms with Gasteiger partial charge in [0.2, 0.25) is 6.19 Å². The van der Waals surface area contributed by atoms with Crippen LogP contribution in [0.15, 0.2) is 4.99 Å². The number of nitrogens with zero attached hydrogens (tertiary/aromatic N) is 2. The van der Waals surface area contributed by atoms with Gasteiger partial charge in [0.15, 0.2) is 0 Å². The fourth-order valence-electron chi connectivity index (χ4n) is 0.262. The van der Waals surface area contributed by atoms with Crippen molar-refractivity contribution in [1.82, 2.24) is 0 Å². The van der Waals surface area contributed by atoms with Gasteiger partial charge in [-0.3, -0.25) is 0 Å². The van der Waals surface area contributed by atoms with Crippen LogP contribution in [-0.2, 0) is 17.4 Å². The molecule has 0 radical (unpaired) electrons. The van der Waals surface area contributed by atoms with Gasteiger partial charge in [0.1, 0.15) is 0 Å². The minimum atomic E-state index is 0.